The zero-order valence-electron chi connectivity index (χ0n) is 16.6. The number of aryl methyl sites for hydroxylation is 1. The minimum atomic E-state index is 0.120. The van der Waals surface area contributed by atoms with Crippen LogP contribution in [0.15, 0.2) is 60.1 Å². The van der Waals surface area contributed by atoms with Gasteiger partial charge in [-0.25, -0.2) is 0 Å². The number of amides is 1. The Bertz CT molecular complexity index is 932. The van der Waals surface area contributed by atoms with E-state index in [0.29, 0.717) is 6.61 Å². The van der Waals surface area contributed by atoms with E-state index in [-0.39, 0.29) is 5.91 Å². The Hall–Kier alpha value is -2.70. The number of carbonyl (C=O) groups excluding carboxylic acids is 1. The fourth-order valence-corrected chi connectivity index (χ4v) is 4.21. The highest BCUT2D eigenvalue weighted by Crippen LogP contribution is 2.20. The highest BCUT2D eigenvalue weighted by molar-refractivity contribution is 7.12. The van der Waals surface area contributed by atoms with Crippen molar-refractivity contribution in [2.24, 2.45) is 0 Å². The summed E-state index contributed by atoms with van der Waals surface area (Å²) in [5.41, 5.74) is 3.32. The Kier molecular flexibility index (Phi) is 6.22. The van der Waals surface area contributed by atoms with Gasteiger partial charge < -0.3 is 9.64 Å². The van der Waals surface area contributed by atoms with Gasteiger partial charge >= 0.3 is 0 Å². The van der Waals surface area contributed by atoms with Crippen LogP contribution in [-0.2, 0) is 13.2 Å². The monoisotopic (exact) mass is 407 g/mol. The third kappa shape index (κ3) is 5.22. The summed E-state index contributed by atoms with van der Waals surface area (Å²) >= 11 is 1.50. The van der Waals surface area contributed by atoms with Gasteiger partial charge in [0.05, 0.1) is 10.6 Å². The van der Waals surface area contributed by atoms with E-state index in [9.17, 15) is 4.79 Å². The third-order valence-electron chi connectivity index (χ3n) is 5.06. The minimum Gasteiger partial charge on any atom is -0.489 e. The molecule has 0 unspecified atom stereocenters. The number of hydrogen-bond acceptors (Lipinski definition) is 5. The van der Waals surface area contributed by atoms with Crippen molar-refractivity contribution >= 4 is 17.2 Å². The van der Waals surface area contributed by atoms with E-state index >= 15 is 0 Å². The first-order valence-electron chi connectivity index (χ1n) is 9.86. The van der Waals surface area contributed by atoms with Crippen LogP contribution in [0.5, 0.6) is 5.75 Å². The number of hydrogen-bond donors (Lipinski definition) is 0. The molecule has 0 aliphatic carbocycles. The molecule has 1 saturated heterocycles. The molecule has 1 aliphatic heterocycles. The maximum atomic E-state index is 12.9. The molecule has 29 heavy (non-hydrogen) atoms. The number of rotatable bonds is 6. The van der Waals surface area contributed by atoms with Gasteiger partial charge in [-0.05, 0) is 42.6 Å². The molecule has 0 radical (unpaired) electrons. The lowest BCUT2D eigenvalue weighted by Crippen LogP contribution is -2.48. The summed E-state index contributed by atoms with van der Waals surface area (Å²) in [6.07, 6.45) is 1.83. The van der Waals surface area contributed by atoms with Gasteiger partial charge in [-0.2, -0.15) is 0 Å². The van der Waals surface area contributed by atoms with Crippen LogP contribution < -0.4 is 4.74 Å². The van der Waals surface area contributed by atoms with Crippen molar-refractivity contribution in [2.45, 2.75) is 20.1 Å². The number of aromatic nitrogens is 1. The van der Waals surface area contributed by atoms with E-state index < -0.39 is 0 Å². The summed E-state index contributed by atoms with van der Waals surface area (Å²) in [6.45, 7) is 6.61. The summed E-state index contributed by atoms with van der Waals surface area (Å²) in [7, 11) is 0. The Labute approximate surface area is 175 Å². The fraction of sp³-hybridized carbons (Fsp3) is 0.304. The molecule has 3 heterocycles. The van der Waals surface area contributed by atoms with E-state index in [4.69, 9.17) is 4.74 Å². The summed E-state index contributed by atoms with van der Waals surface area (Å²) in [6, 6.07) is 16.0. The van der Waals surface area contributed by atoms with Crippen molar-refractivity contribution in [3.05, 3.63) is 81.8 Å². The molecule has 5 nitrogen and oxygen atoms in total. The normalized spacial score (nSPS) is 14.7. The third-order valence-corrected chi connectivity index (χ3v) is 6.03. The van der Waals surface area contributed by atoms with E-state index in [1.807, 2.05) is 65.0 Å². The minimum absolute atomic E-state index is 0.120. The molecule has 0 bridgehead atoms. The molecule has 2 aromatic heterocycles. The second-order valence-corrected chi connectivity index (χ2v) is 8.22. The van der Waals surface area contributed by atoms with Crippen molar-refractivity contribution in [3.63, 3.8) is 0 Å². The molecule has 3 aromatic rings. The first kappa shape index (κ1) is 19.6. The number of benzene rings is 1. The summed E-state index contributed by atoms with van der Waals surface area (Å²) in [5.74, 6) is 0.966. The first-order chi connectivity index (χ1) is 14.2. The van der Waals surface area contributed by atoms with Crippen LogP contribution >= 0.6 is 11.3 Å². The van der Waals surface area contributed by atoms with Crippen molar-refractivity contribution < 1.29 is 9.53 Å². The molecule has 0 spiro atoms. The summed E-state index contributed by atoms with van der Waals surface area (Å²) in [5, 5.41) is 2.01. The lowest BCUT2D eigenvalue weighted by atomic mass is 10.2. The van der Waals surface area contributed by atoms with Gasteiger partial charge in [0, 0.05) is 44.5 Å². The van der Waals surface area contributed by atoms with Gasteiger partial charge in [0.15, 0.2) is 0 Å². The van der Waals surface area contributed by atoms with Crippen molar-refractivity contribution in [3.8, 4) is 5.75 Å². The molecule has 4 rings (SSSR count). The van der Waals surface area contributed by atoms with Gasteiger partial charge in [0.1, 0.15) is 12.4 Å². The maximum Gasteiger partial charge on any atom is 0.264 e. The van der Waals surface area contributed by atoms with E-state index in [1.54, 1.807) is 0 Å². The Morgan fingerprint density at radius 3 is 2.62 bits per heavy atom. The molecule has 0 saturated carbocycles. The predicted octanol–water partition coefficient (Wildman–Crippen LogP) is 3.99. The number of piperazine rings is 1. The predicted molar refractivity (Wildman–Crippen MR) is 115 cm³/mol. The van der Waals surface area contributed by atoms with Gasteiger partial charge in [0.2, 0.25) is 0 Å². The standard InChI is InChI=1S/C23H25N3O2S/c1-18-5-7-21(8-6-18)28-16-19-14-22(29-17-19)23(27)26-12-10-25(11-13-26)15-20-4-2-3-9-24-20/h2-9,14,17H,10-13,15-16H2,1H3. The van der Waals surface area contributed by atoms with Crippen LogP contribution in [0.2, 0.25) is 0 Å². The molecular formula is C23H25N3O2S. The number of thiophene rings is 1. The molecule has 1 aromatic carbocycles. The lowest BCUT2D eigenvalue weighted by molar-refractivity contribution is 0.0631. The van der Waals surface area contributed by atoms with E-state index in [2.05, 4.69) is 16.8 Å². The topological polar surface area (TPSA) is 45.7 Å². The van der Waals surface area contributed by atoms with Crippen LogP contribution in [0.25, 0.3) is 0 Å². The second kappa shape index (κ2) is 9.20. The molecule has 1 amide bonds. The van der Waals surface area contributed by atoms with Gasteiger partial charge in [-0.3, -0.25) is 14.7 Å². The van der Waals surface area contributed by atoms with E-state index in [0.717, 1.165) is 54.6 Å². The molecule has 150 valence electrons. The molecule has 0 atom stereocenters. The van der Waals surface area contributed by atoms with Crippen LogP contribution in [-0.4, -0.2) is 46.9 Å². The van der Waals surface area contributed by atoms with Crippen LogP contribution in [0.3, 0.4) is 0 Å². The molecule has 0 N–H and O–H groups in total. The number of ether oxygens (including phenoxy) is 1. The SMILES string of the molecule is Cc1ccc(OCc2csc(C(=O)N3CCN(Cc4ccccn4)CC3)c2)cc1. The summed E-state index contributed by atoms with van der Waals surface area (Å²) < 4.78 is 5.83. The Balaban J connectivity index is 1.27. The lowest BCUT2D eigenvalue weighted by Gasteiger charge is -2.34. The quantitative estimate of drug-likeness (QED) is 0.620. The zero-order valence-corrected chi connectivity index (χ0v) is 17.4. The number of nitrogens with zero attached hydrogens (tertiary/aromatic N) is 3. The first-order valence-corrected chi connectivity index (χ1v) is 10.7. The van der Waals surface area contributed by atoms with Gasteiger partial charge in [0.25, 0.3) is 5.91 Å². The Morgan fingerprint density at radius 1 is 1.10 bits per heavy atom. The average Bonchev–Trinajstić information content (AvgIpc) is 3.23. The molecule has 1 aliphatic rings. The van der Waals surface area contributed by atoms with Gasteiger partial charge in [-0.1, -0.05) is 23.8 Å². The van der Waals surface area contributed by atoms with Crippen molar-refractivity contribution in [1.29, 1.82) is 0 Å². The second-order valence-electron chi connectivity index (χ2n) is 7.31. The molecule has 6 heteroatoms. The Morgan fingerprint density at radius 2 is 1.90 bits per heavy atom. The van der Waals surface area contributed by atoms with Crippen LogP contribution in [0, 0.1) is 6.92 Å². The highest BCUT2D eigenvalue weighted by atomic mass is 32.1. The van der Waals surface area contributed by atoms with E-state index in [1.165, 1.54) is 16.9 Å². The summed E-state index contributed by atoms with van der Waals surface area (Å²) in [4.78, 5) is 22.3. The highest BCUT2D eigenvalue weighted by Gasteiger charge is 2.23. The molecule has 1 fully saturated rings. The van der Waals surface area contributed by atoms with Crippen LogP contribution in [0.1, 0.15) is 26.5 Å². The van der Waals surface area contributed by atoms with Gasteiger partial charge in [-0.15, -0.1) is 11.3 Å². The van der Waals surface area contributed by atoms with Crippen molar-refractivity contribution in [1.82, 2.24) is 14.8 Å². The zero-order chi connectivity index (χ0) is 20.1. The average molecular weight is 408 g/mol. The number of pyridine rings is 1. The maximum absolute atomic E-state index is 12.9. The molecular weight excluding hydrogens is 382 g/mol. The van der Waals surface area contributed by atoms with Crippen LogP contribution in [0.4, 0.5) is 0 Å². The number of carbonyl (C=O) groups is 1. The largest absolute Gasteiger partial charge is 0.489 e. The fourth-order valence-electron chi connectivity index (χ4n) is 3.35. The van der Waals surface area contributed by atoms with Crippen molar-refractivity contribution in [2.75, 3.05) is 26.2 Å². The smallest absolute Gasteiger partial charge is 0.264 e.